The van der Waals surface area contributed by atoms with Crippen molar-refractivity contribution in [1.82, 2.24) is 15.5 Å². The number of hydrogen-bond donors (Lipinski definition) is 2. The number of aliphatic imine (C=N–C) groups is 1. The van der Waals surface area contributed by atoms with E-state index in [0.717, 1.165) is 37.5 Å². The molecule has 2 heterocycles. The quantitative estimate of drug-likeness (QED) is 0.523. The monoisotopic (exact) mass is 388 g/mol. The molecule has 2 aliphatic heterocycles. The van der Waals surface area contributed by atoms with Crippen LogP contribution in [-0.2, 0) is 27.4 Å². The van der Waals surface area contributed by atoms with Gasteiger partial charge < -0.3 is 25.0 Å². The second kappa shape index (κ2) is 10.4. The van der Waals surface area contributed by atoms with E-state index in [0.29, 0.717) is 32.7 Å². The molecule has 0 aliphatic carbocycles. The number of amides is 1. The van der Waals surface area contributed by atoms with E-state index in [1.165, 1.54) is 5.56 Å². The summed E-state index contributed by atoms with van der Waals surface area (Å²) in [6, 6.07) is 8.51. The van der Waals surface area contributed by atoms with Crippen LogP contribution in [0, 0.1) is 0 Å². The summed E-state index contributed by atoms with van der Waals surface area (Å²) in [5.41, 5.74) is 2.33. The summed E-state index contributed by atoms with van der Waals surface area (Å²) in [6.45, 7) is 6.42. The van der Waals surface area contributed by atoms with Gasteiger partial charge in [-0.25, -0.2) is 0 Å². The van der Waals surface area contributed by atoms with Gasteiger partial charge in [0.1, 0.15) is 0 Å². The predicted octanol–water partition coefficient (Wildman–Crippen LogP) is 1.67. The molecular weight excluding hydrogens is 356 g/mol. The number of nitrogens with zero attached hydrogens (tertiary/aromatic N) is 2. The smallest absolute Gasteiger partial charge is 0.222 e. The van der Waals surface area contributed by atoms with Crippen LogP contribution < -0.4 is 10.6 Å². The molecule has 7 nitrogen and oxygen atoms in total. The number of ether oxygens (including phenoxy) is 2. The van der Waals surface area contributed by atoms with Gasteiger partial charge in [-0.1, -0.05) is 24.3 Å². The van der Waals surface area contributed by atoms with Crippen LogP contribution in [0.3, 0.4) is 0 Å². The van der Waals surface area contributed by atoms with Crippen molar-refractivity contribution in [2.24, 2.45) is 4.99 Å². The normalized spacial score (nSPS) is 21.2. The lowest BCUT2D eigenvalue weighted by molar-refractivity contribution is -0.128. The summed E-state index contributed by atoms with van der Waals surface area (Å²) < 4.78 is 11.2. The Balaban J connectivity index is 1.43. The first kappa shape index (κ1) is 20.6. The highest BCUT2D eigenvalue weighted by Crippen LogP contribution is 2.15. The number of guanidine groups is 1. The molecule has 1 aromatic carbocycles. The molecule has 154 valence electrons. The third-order valence-electron chi connectivity index (χ3n) is 5.07. The van der Waals surface area contributed by atoms with Crippen LogP contribution >= 0.6 is 0 Å². The average Bonchev–Trinajstić information content (AvgIpc) is 3.36. The third-order valence-corrected chi connectivity index (χ3v) is 5.07. The molecule has 7 heteroatoms. The molecule has 3 rings (SSSR count). The van der Waals surface area contributed by atoms with Crippen molar-refractivity contribution < 1.29 is 14.3 Å². The van der Waals surface area contributed by atoms with Crippen molar-refractivity contribution in [3.8, 4) is 0 Å². The van der Waals surface area contributed by atoms with E-state index in [9.17, 15) is 4.79 Å². The Morgan fingerprint density at radius 2 is 2.29 bits per heavy atom. The number of likely N-dealkylation sites (tertiary alicyclic amines) is 1. The second-order valence-corrected chi connectivity index (χ2v) is 7.53. The minimum atomic E-state index is 0.152. The molecule has 1 amide bonds. The van der Waals surface area contributed by atoms with E-state index in [1.54, 1.807) is 7.05 Å². The third kappa shape index (κ3) is 6.21. The summed E-state index contributed by atoms with van der Waals surface area (Å²) in [4.78, 5) is 18.1. The first-order chi connectivity index (χ1) is 13.6. The van der Waals surface area contributed by atoms with Gasteiger partial charge in [-0.2, -0.15) is 0 Å². The van der Waals surface area contributed by atoms with Gasteiger partial charge in [0.2, 0.25) is 5.91 Å². The first-order valence-electron chi connectivity index (χ1n) is 10.2. The van der Waals surface area contributed by atoms with Crippen molar-refractivity contribution in [3.63, 3.8) is 0 Å². The Bertz CT molecular complexity index is 673. The van der Waals surface area contributed by atoms with Gasteiger partial charge in [0.15, 0.2) is 5.96 Å². The van der Waals surface area contributed by atoms with Crippen molar-refractivity contribution in [1.29, 1.82) is 0 Å². The molecular formula is C21H32N4O3. The number of rotatable bonds is 8. The SMILES string of the molecule is CN=C(NCc1cccc(CN2CCCC2=O)c1)NC(C)COC1CCOC1. The highest BCUT2D eigenvalue weighted by molar-refractivity contribution is 5.80. The van der Waals surface area contributed by atoms with E-state index in [-0.39, 0.29) is 18.1 Å². The number of hydrogen-bond acceptors (Lipinski definition) is 4. The molecule has 2 N–H and O–H groups in total. The average molecular weight is 389 g/mol. The van der Waals surface area contributed by atoms with E-state index in [4.69, 9.17) is 9.47 Å². The highest BCUT2D eigenvalue weighted by atomic mass is 16.5. The van der Waals surface area contributed by atoms with Crippen LogP contribution in [-0.4, -0.2) is 62.3 Å². The van der Waals surface area contributed by atoms with Crippen molar-refractivity contribution in [3.05, 3.63) is 35.4 Å². The molecule has 2 unspecified atom stereocenters. The van der Waals surface area contributed by atoms with Crippen LogP contribution in [0.2, 0.25) is 0 Å². The lowest BCUT2D eigenvalue weighted by Crippen LogP contribution is -2.44. The zero-order chi connectivity index (χ0) is 19.8. The predicted molar refractivity (Wildman–Crippen MR) is 109 cm³/mol. The van der Waals surface area contributed by atoms with Crippen LogP contribution in [0.4, 0.5) is 0 Å². The second-order valence-electron chi connectivity index (χ2n) is 7.53. The van der Waals surface area contributed by atoms with E-state index >= 15 is 0 Å². The molecule has 2 atom stereocenters. The van der Waals surface area contributed by atoms with Gasteiger partial charge in [-0.3, -0.25) is 9.79 Å². The highest BCUT2D eigenvalue weighted by Gasteiger charge is 2.20. The maximum Gasteiger partial charge on any atom is 0.222 e. The minimum Gasteiger partial charge on any atom is -0.379 e. The number of carbonyl (C=O) groups is 1. The molecule has 0 saturated carbocycles. The fourth-order valence-corrected chi connectivity index (χ4v) is 3.51. The van der Waals surface area contributed by atoms with Crippen LogP contribution in [0.5, 0.6) is 0 Å². The lowest BCUT2D eigenvalue weighted by Gasteiger charge is -2.20. The zero-order valence-corrected chi connectivity index (χ0v) is 16.9. The molecule has 0 aromatic heterocycles. The number of carbonyl (C=O) groups excluding carboxylic acids is 1. The van der Waals surface area contributed by atoms with Gasteiger partial charge in [0, 0.05) is 45.8 Å². The molecule has 28 heavy (non-hydrogen) atoms. The topological polar surface area (TPSA) is 75.2 Å². The summed E-state index contributed by atoms with van der Waals surface area (Å²) in [6.07, 6.45) is 2.83. The fraction of sp³-hybridized carbons (Fsp3) is 0.619. The van der Waals surface area contributed by atoms with Gasteiger partial charge >= 0.3 is 0 Å². The number of nitrogens with one attached hydrogen (secondary N) is 2. The molecule has 0 radical (unpaired) electrons. The summed E-state index contributed by atoms with van der Waals surface area (Å²) in [5.74, 6) is 1.01. The maximum absolute atomic E-state index is 11.8. The molecule has 0 spiro atoms. The number of benzene rings is 1. The van der Waals surface area contributed by atoms with Crippen LogP contribution in [0.25, 0.3) is 0 Å². The van der Waals surface area contributed by atoms with E-state index < -0.39 is 0 Å². The Hall–Kier alpha value is -2.12. The minimum absolute atomic E-state index is 0.152. The Kier molecular flexibility index (Phi) is 7.68. The first-order valence-corrected chi connectivity index (χ1v) is 10.2. The van der Waals surface area contributed by atoms with E-state index in [1.807, 2.05) is 11.0 Å². The van der Waals surface area contributed by atoms with Gasteiger partial charge in [-0.05, 0) is 30.9 Å². The van der Waals surface area contributed by atoms with Crippen molar-refractivity contribution in [2.75, 3.05) is 33.4 Å². The molecule has 2 saturated heterocycles. The van der Waals surface area contributed by atoms with Gasteiger partial charge in [0.25, 0.3) is 0 Å². The van der Waals surface area contributed by atoms with E-state index in [2.05, 4.69) is 40.7 Å². The lowest BCUT2D eigenvalue weighted by atomic mass is 10.1. The summed E-state index contributed by atoms with van der Waals surface area (Å²) >= 11 is 0. The molecule has 0 bridgehead atoms. The zero-order valence-electron chi connectivity index (χ0n) is 16.9. The Morgan fingerprint density at radius 3 is 3.00 bits per heavy atom. The Labute approximate surface area is 167 Å². The standard InChI is InChI=1S/C21H32N4O3/c1-16(14-28-19-8-10-27-15-19)24-21(22-2)23-12-17-5-3-6-18(11-17)13-25-9-4-7-20(25)26/h3,5-6,11,16,19H,4,7-10,12-15H2,1-2H3,(H2,22,23,24). The Morgan fingerprint density at radius 1 is 1.43 bits per heavy atom. The molecule has 1 aromatic rings. The van der Waals surface area contributed by atoms with Gasteiger partial charge in [-0.15, -0.1) is 0 Å². The molecule has 2 aliphatic rings. The van der Waals surface area contributed by atoms with Crippen molar-refractivity contribution >= 4 is 11.9 Å². The van der Waals surface area contributed by atoms with Crippen LogP contribution in [0.1, 0.15) is 37.3 Å². The van der Waals surface area contributed by atoms with Crippen LogP contribution in [0.15, 0.2) is 29.3 Å². The maximum atomic E-state index is 11.8. The summed E-state index contributed by atoms with van der Waals surface area (Å²) in [7, 11) is 1.77. The summed E-state index contributed by atoms with van der Waals surface area (Å²) in [5, 5.41) is 6.71. The largest absolute Gasteiger partial charge is 0.379 e. The fourth-order valence-electron chi connectivity index (χ4n) is 3.51. The molecule has 2 fully saturated rings. The van der Waals surface area contributed by atoms with Gasteiger partial charge in [0.05, 0.1) is 19.3 Å². The van der Waals surface area contributed by atoms with Crippen molar-refractivity contribution in [2.45, 2.75) is 51.4 Å².